The molecule has 0 saturated carbocycles. The maximum atomic E-state index is 13.0. The highest BCUT2D eigenvalue weighted by atomic mass is 32.2. The fourth-order valence-corrected chi connectivity index (χ4v) is 4.83. The van der Waals surface area contributed by atoms with E-state index in [4.69, 9.17) is 4.84 Å². The monoisotopic (exact) mass is 346 g/mol. The van der Waals surface area contributed by atoms with Crippen molar-refractivity contribution in [3.8, 4) is 0 Å². The van der Waals surface area contributed by atoms with Crippen LogP contribution in [0.3, 0.4) is 0 Å². The predicted octanol–water partition coefficient (Wildman–Crippen LogP) is 2.51. The number of benzene rings is 2. The van der Waals surface area contributed by atoms with Crippen molar-refractivity contribution in [3.05, 3.63) is 60.2 Å². The summed E-state index contributed by atoms with van der Waals surface area (Å²) in [6.45, 7) is 0.161. The molecule has 0 unspecified atom stereocenters. The van der Waals surface area contributed by atoms with E-state index in [1.807, 2.05) is 49.3 Å². The summed E-state index contributed by atoms with van der Waals surface area (Å²) in [6, 6.07) is 16.2. The molecule has 0 aromatic heterocycles. The van der Waals surface area contributed by atoms with E-state index < -0.39 is 15.1 Å². The van der Waals surface area contributed by atoms with Gasteiger partial charge < -0.3 is 4.90 Å². The maximum absolute atomic E-state index is 13.0. The van der Waals surface area contributed by atoms with E-state index in [1.165, 1.54) is 0 Å². The first kappa shape index (κ1) is 17.0. The van der Waals surface area contributed by atoms with Crippen molar-refractivity contribution in [2.45, 2.75) is 16.2 Å². The van der Waals surface area contributed by atoms with E-state index in [-0.39, 0.29) is 12.6 Å². The van der Waals surface area contributed by atoms with Crippen LogP contribution in [-0.2, 0) is 14.7 Å². The van der Waals surface area contributed by atoms with Crippen molar-refractivity contribution >= 4 is 15.5 Å². The molecule has 2 atom stereocenters. The van der Waals surface area contributed by atoms with Gasteiger partial charge in [0.15, 0.2) is 9.84 Å². The molecule has 0 radical (unpaired) electrons. The molecule has 0 spiro atoms. The molecule has 1 aliphatic heterocycles. The van der Waals surface area contributed by atoms with E-state index in [2.05, 4.69) is 0 Å². The van der Waals surface area contributed by atoms with E-state index >= 15 is 0 Å². The van der Waals surface area contributed by atoms with Crippen LogP contribution in [0.15, 0.2) is 59.5 Å². The number of rotatable bonds is 4. The molecule has 1 heterocycles. The number of hydrogen-bond acceptors (Lipinski definition) is 5. The normalized spacial score (nSPS) is 21.8. The van der Waals surface area contributed by atoms with E-state index in [0.717, 1.165) is 11.3 Å². The Hall–Kier alpha value is -1.89. The van der Waals surface area contributed by atoms with Gasteiger partial charge in [0.1, 0.15) is 5.25 Å². The fraction of sp³-hybridized carbons (Fsp3) is 0.333. The van der Waals surface area contributed by atoms with Crippen molar-refractivity contribution in [1.82, 2.24) is 5.06 Å². The molecule has 5 nitrogen and oxygen atoms in total. The third-order valence-corrected chi connectivity index (χ3v) is 6.53. The summed E-state index contributed by atoms with van der Waals surface area (Å²) in [5.74, 6) is 0. The topological polar surface area (TPSA) is 49.9 Å². The average molecular weight is 346 g/mol. The molecule has 3 rings (SSSR count). The minimum Gasteiger partial charge on any atom is -0.378 e. The van der Waals surface area contributed by atoms with E-state index in [0.29, 0.717) is 4.90 Å². The van der Waals surface area contributed by atoms with Gasteiger partial charge >= 0.3 is 0 Å². The summed E-state index contributed by atoms with van der Waals surface area (Å²) in [5.41, 5.74) is 2.01. The summed E-state index contributed by atoms with van der Waals surface area (Å²) in [4.78, 5) is 7.91. The predicted molar refractivity (Wildman–Crippen MR) is 94.6 cm³/mol. The van der Waals surface area contributed by atoms with Crippen LogP contribution in [-0.4, -0.2) is 46.5 Å². The van der Waals surface area contributed by atoms with Gasteiger partial charge in [-0.25, -0.2) is 8.42 Å². The van der Waals surface area contributed by atoms with Crippen molar-refractivity contribution in [2.24, 2.45) is 0 Å². The molecular formula is C18H22N2O3S. The lowest BCUT2D eigenvalue weighted by atomic mass is 10.0. The lowest BCUT2D eigenvalue weighted by Gasteiger charge is -2.23. The van der Waals surface area contributed by atoms with Gasteiger partial charge in [-0.15, -0.1) is 0 Å². The Morgan fingerprint density at radius 1 is 1.04 bits per heavy atom. The van der Waals surface area contributed by atoms with Crippen LogP contribution >= 0.6 is 0 Å². The Balaban J connectivity index is 1.96. The van der Waals surface area contributed by atoms with Crippen molar-refractivity contribution in [1.29, 1.82) is 0 Å². The minimum absolute atomic E-state index is 0.161. The molecule has 0 aliphatic carbocycles. The van der Waals surface area contributed by atoms with Gasteiger partial charge in [-0.05, 0) is 29.8 Å². The summed E-state index contributed by atoms with van der Waals surface area (Å²) in [7, 11) is 2.26. The standard InChI is InChI=1S/C18H22N2O3S/c1-19(2)15-11-9-14(10-12-15)18-17(13-23-20(18)3)24(21,22)16-7-5-4-6-8-16/h4-12,17-18H,13H2,1-3H3/t17-,18+/m0/s1. The van der Waals surface area contributed by atoms with Crippen molar-refractivity contribution < 1.29 is 13.3 Å². The molecule has 2 aromatic carbocycles. The van der Waals surface area contributed by atoms with Crippen LogP contribution in [0, 0.1) is 0 Å². The van der Waals surface area contributed by atoms with E-state index in [9.17, 15) is 8.42 Å². The summed E-state index contributed by atoms with van der Waals surface area (Å²) in [6.07, 6.45) is 0. The second-order valence-electron chi connectivity index (χ2n) is 6.17. The quantitative estimate of drug-likeness (QED) is 0.851. The summed E-state index contributed by atoms with van der Waals surface area (Å²) in [5, 5.41) is 1.02. The first-order chi connectivity index (χ1) is 11.4. The molecule has 128 valence electrons. The van der Waals surface area contributed by atoms with E-state index in [1.54, 1.807) is 36.4 Å². The third-order valence-electron chi connectivity index (χ3n) is 4.41. The van der Waals surface area contributed by atoms with Gasteiger partial charge in [0.25, 0.3) is 0 Å². The lowest BCUT2D eigenvalue weighted by Crippen LogP contribution is -2.31. The van der Waals surface area contributed by atoms with Gasteiger partial charge in [-0.2, -0.15) is 5.06 Å². The number of hydrogen-bond donors (Lipinski definition) is 0. The smallest absolute Gasteiger partial charge is 0.185 e. The molecule has 0 amide bonds. The molecule has 0 bridgehead atoms. The zero-order valence-electron chi connectivity index (χ0n) is 14.1. The SMILES string of the molecule is CN(C)c1ccc([C@@H]2[C@@H](S(=O)(=O)c3ccccc3)CON2C)cc1. The van der Waals surface area contributed by atoms with Crippen LogP contribution in [0.2, 0.25) is 0 Å². The average Bonchev–Trinajstić information content (AvgIpc) is 2.98. The largest absolute Gasteiger partial charge is 0.378 e. The molecular weight excluding hydrogens is 324 g/mol. The second-order valence-corrected chi connectivity index (χ2v) is 8.34. The highest BCUT2D eigenvalue weighted by Crippen LogP contribution is 2.36. The first-order valence-electron chi connectivity index (χ1n) is 7.83. The molecule has 6 heteroatoms. The number of nitrogens with zero attached hydrogens (tertiary/aromatic N) is 2. The van der Waals surface area contributed by atoms with Crippen molar-refractivity contribution in [2.75, 3.05) is 32.6 Å². The molecule has 24 heavy (non-hydrogen) atoms. The van der Waals surface area contributed by atoms with Crippen LogP contribution in [0.25, 0.3) is 0 Å². The highest BCUT2D eigenvalue weighted by Gasteiger charge is 2.43. The molecule has 2 aromatic rings. The Morgan fingerprint density at radius 3 is 2.25 bits per heavy atom. The van der Waals surface area contributed by atoms with Crippen LogP contribution < -0.4 is 4.90 Å². The molecule has 1 saturated heterocycles. The third kappa shape index (κ3) is 3.05. The second kappa shape index (κ2) is 6.55. The van der Waals surface area contributed by atoms with Gasteiger partial charge in [-0.1, -0.05) is 30.3 Å². The number of sulfone groups is 1. The van der Waals surface area contributed by atoms with Gasteiger partial charge in [-0.3, -0.25) is 4.84 Å². The van der Waals surface area contributed by atoms with Crippen LogP contribution in [0.4, 0.5) is 5.69 Å². The molecule has 1 aliphatic rings. The maximum Gasteiger partial charge on any atom is 0.185 e. The fourth-order valence-electron chi connectivity index (χ4n) is 3.04. The zero-order chi connectivity index (χ0) is 17.3. The van der Waals surface area contributed by atoms with Gasteiger partial charge in [0.2, 0.25) is 0 Å². The Labute approximate surface area is 143 Å². The van der Waals surface area contributed by atoms with Crippen molar-refractivity contribution in [3.63, 3.8) is 0 Å². The molecule has 1 fully saturated rings. The highest BCUT2D eigenvalue weighted by molar-refractivity contribution is 7.92. The first-order valence-corrected chi connectivity index (χ1v) is 9.38. The Kier molecular flexibility index (Phi) is 4.62. The van der Waals surface area contributed by atoms with Gasteiger partial charge in [0, 0.05) is 26.8 Å². The lowest BCUT2D eigenvalue weighted by molar-refractivity contribution is -0.110. The zero-order valence-corrected chi connectivity index (χ0v) is 14.9. The van der Waals surface area contributed by atoms with Crippen LogP contribution in [0.5, 0.6) is 0 Å². The minimum atomic E-state index is -3.47. The van der Waals surface area contributed by atoms with Crippen LogP contribution in [0.1, 0.15) is 11.6 Å². The Bertz CT molecular complexity index is 789. The number of hydroxylamine groups is 2. The number of anilines is 1. The summed E-state index contributed by atoms with van der Waals surface area (Å²) >= 11 is 0. The van der Waals surface area contributed by atoms with Gasteiger partial charge in [0.05, 0.1) is 17.5 Å². The molecule has 0 N–H and O–H groups in total. The summed E-state index contributed by atoms with van der Waals surface area (Å²) < 4.78 is 26.0. The Morgan fingerprint density at radius 2 is 1.67 bits per heavy atom.